The topological polar surface area (TPSA) is 69.7 Å². The lowest BCUT2D eigenvalue weighted by Crippen LogP contribution is -2.46. The first-order valence-corrected chi connectivity index (χ1v) is 4.84. The monoisotopic (exact) mass is 230 g/mol. The molecule has 0 radical (unpaired) electrons. The fourth-order valence-electron chi connectivity index (χ4n) is 1.48. The number of methoxy groups -OCH3 is 2. The Morgan fingerprint density at radius 2 is 1.00 bits per heavy atom. The zero-order valence-electron chi connectivity index (χ0n) is 10.5. The highest BCUT2D eigenvalue weighted by Gasteiger charge is 2.49. The predicted molar refractivity (Wildman–Crippen MR) is 56.6 cm³/mol. The molecule has 92 valence electrons. The number of ketones is 1. The zero-order chi connectivity index (χ0) is 13.1. The number of hydrogen-bond acceptors (Lipinski definition) is 5. The van der Waals surface area contributed by atoms with Crippen LogP contribution in [0.2, 0.25) is 0 Å². The quantitative estimate of drug-likeness (QED) is 0.531. The summed E-state index contributed by atoms with van der Waals surface area (Å²) in [6, 6.07) is 0. The van der Waals surface area contributed by atoms with Gasteiger partial charge in [-0.2, -0.15) is 0 Å². The maximum absolute atomic E-state index is 12.1. The molecule has 16 heavy (non-hydrogen) atoms. The Labute approximate surface area is 95.1 Å². The lowest BCUT2D eigenvalue weighted by atomic mass is 9.73. The summed E-state index contributed by atoms with van der Waals surface area (Å²) in [6.45, 7) is 5.69. The third-order valence-electron chi connectivity index (χ3n) is 2.53. The molecule has 0 rings (SSSR count). The highest BCUT2D eigenvalue weighted by Crippen LogP contribution is 2.31. The smallest absolute Gasteiger partial charge is 0.318 e. The van der Waals surface area contributed by atoms with Crippen LogP contribution in [0.1, 0.15) is 27.7 Å². The van der Waals surface area contributed by atoms with E-state index in [1.54, 1.807) is 0 Å². The van der Waals surface area contributed by atoms with Gasteiger partial charge in [0.05, 0.1) is 14.2 Å². The summed E-state index contributed by atoms with van der Waals surface area (Å²) in [5.41, 5.74) is -2.74. The zero-order valence-corrected chi connectivity index (χ0v) is 10.5. The van der Waals surface area contributed by atoms with E-state index in [0.29, 0.717) is 0 Å². The normalized spacial score (nSPS) is 11.9. The number of esters is 2. The van der Waals surface area contributed by atoms with Crippen molar-refractivity contribution in [3.05, 3.63) is 0 Å². The van der Waals surface area contributed by atoms with Gasteiger partial charge in [0.15, 0.2) is 5.78 Å². The SMILES string of the molecule is COC(=O)C(C)(C)C(=O)C(C)(C)C(=O)OC. The molecule has 0 spiro atoms. The van der Waals surface area contributed by atoms with Crippen molar-refractivity contribution in [2.75, 3.05) is 14.2 Å². The Bertz CT molecular complexity index is 284. The molecule has 0 aliphatic rings. The summed E-state index contributed by atoms with van der Waals surface area (Å²) in [4.78, 5) is 35.0. The molecular weight excluding hydrogens is 212 g/mol. The maximum atomic E-state index is 12.1. The molecule has 0 heterocycles. The Hall–Kier alpha value is -1.39. The summed E-state index contributed by atoms with van der Waals surface area (Å²) < 4.78 is 9.07. The van der Waals surface area contributed by atoms with Crippen molar-refractivity contribution in [2.45, 2.75) is 27.7 Å². The van der Waals surface area contributed by atoms with Gasteiger partial charge in [-0.1, -0.05) is 0 Å². The first kappa shape index (κ1) is 14.6. The summed E-state index contributed by atoms with van der Waals surface area (Å²) in [5.74, 6) is -1.87. The van der Waals surface area contributed by atoms with E-state index >= 15 is 0 Å². The maximum Gasteiger partial charge on any atom is 0.318 e. The Balaban J connectivity index is 5.21. The van der Waals surface area contributed by atoms with Gasteiger partial charge in [0.2, 0.25) is 0 Å². The van der Waals surface area contributed by atoms with E-state index in [4.69, 9.17) is 0 Å². The minimum Gasteiger partial charge on any atom is -0.468 e. The van der Waals surface area contributed by atoms with Gasteiger partial charge in [-0.15, -0.1) is 0 Å². The van der Waals surface area contributed by atoms with Gasteiger partial charge in [0.25, 0.3) is 0 Å². The van der Waals surface area contributed by atoms with Crippen molar-refractivity contribution in [1.82, 2.24) is 0 Å². The van der Waals surface area contributed by atoms with Crippen LogP contribution in [0, 0.1) is 10.8 Å². The van der Waals surface area contributed by atoms with E-state index in [9.17, 15) is 14.4 Å². The molecule has 0 saturated carbocycles. The van der Waals surface area contributed by atoms with Crippen LogP contribution in [0.25, 0.3) is 0 Å². The molecule has 0 aromatic rings. The molecule has 5 nitrogen and oxygen atoms in total. The molecule has 5 heteroatoms. The molecule has 0 saturated heterocycles. The minimum absolute atomic E-state index is 0.529. The molecule has 0 aromatic carbocycles. The third-order valence-corrected chi connectivity index (χ3v) is 2.53. The van der Waals surface area contributed by atoms with Crippen LogP contribution in [0.15, 0.2) is 0 Å². The van der Waals surface area contributed by atoms with E-state index in [-0.39, 0.29) is 0 Å². The van der Waals surface area contributed by atoms with Crippen molar-refractivity contribution in [3.8, 4) is 0 Å². The Morgan fingerprint density at radius 3 is 1.19 bits per heavy atom. The average molecular weight is 230 g/mol. The third kappa shape index (κ3) is 2.40. The molecule has 0 N–H and O–H groups in total. The van der Waals surface area contributed by atoms with Gasteiger partial charge in [-0.3, -0.25) is 14.4 Å². The van der Waals surface area contributed by atoms with Gasteiger partial charge in [-0.05, 0) is 27.7 Å². The number of Topliss-reactive ketones (excluding diaryl/α,β-unsaturated/α-hetero) is 1. The van der Waals surface area contributed by atoms with Crippen LogP contribution < -0.4 is 0 Å². The minimum atomic E-state index is -1.37. The number of carbonyl (C=O) groups excluding carboxylic acids is 3. The van der Waals surface area contributed by atoms with Crippen LogP contribution in [-0.2, 0) is 23.9 Å². The Morgan fingerprint density at radius 1 is 0.750 bits per heavy atom. The molecule has 0 fully saturated rings. The molecule has 0 aliphatic carbocycles. The van der Waals surface area contributed by atoms with E-state index in [1.165, 1.54) is 41.9 Å². The first-order valence-electron chi connectivity index (χ1n) is 4.84. The van der Waals surface area contributed by atoms with Crippen molar-refractivity contribution >= 4 is 17.7 Å². The first-order chi connectivity index (χ1) is 7.12. The second kappa shape index (κ2) is 4.63. The van der Waals surface area contributed by atoms with Crippen molar-refractivity contribution in [3.63, 3.8) is 0 Å². The lowest BCUT2D eigenvalue weighted by molar-refractivity contribution is -0.165. The van der Waals surface area contributed by atoms with Gasteiger partial charge >= 0.3 is 11.9 Å². The van der Waals surface area contributed by atoms with Gasteiger partial charge in [0, 0.05) is 0 Å². The van der Waals surface area contributed by atoms with Crippen LogP contribution in [0.3, 0.4) is 0 Å². The van der Waals surface area contributed by atoms with Crippen molar-refractivity contribution in [2.24, 2.45) is 10.8 Å². The molecule has 0 aliphatic heterocycles. The van der Waals surface area contributed by atoms with E-state index in [0.717, 1.165) is 0 Å². The molecule has 0 unspecified atom stereocenters. The number of rotatable bonds is 4. The Kier molecular flexibility index (Phi) is 4.23. The molecular formula is C11H18O5. The van der Waals surface area contributed by atoms with E-state index < -0.39 is 28.6 Å². The summed E-state index contributed by atoms with van der Waals surface area (Å²) in [7, 11) is 2.39. The van der Waals surface area contributed by atoms with Gasteiger partial charge < -0.3 is 9.47 Å². The van der Waals surface area contributed by atoms with Crippen LogP contribution in [-0.4, -0.2) is 31.9 Å². The fraction of sp³-hybridized carbons (Fsp3) is 0.727. The summed E-state index contributed by atoms with van der Waals surface area (Å²) >= 11 is 0. The van der Waals surface area contributed by atoms with Crippen LogP contribution >= 0.6 is 0 Å². The van der Waals surface area contributed by atoms with Gasteiger partial charge in [-0.25, -0.2) is 0 Å². The number of ether oxygens (including phenoxy) is 2. The largest absolute Gasteiger partial charge is 0.468 e. The van der Waals surface area contributed by atoms with E-state index in [2.05, 4.69) is 9.47 Å². The summed E-state index contributed by atoms with van der Waals surface area (Å²) in [5, 5.41) is 0. The van der Waals surface area contributed by atoms with Crippen LogP contribution in [0.5, 0.6) is 0 Å². The number of carbonyl (C=O) groups is 3. The molecule has 0 aromatic heterocycles. The van der Waals surface area contributed by atoms with Crippen LogP contribution in [0.4, 0.5) is 0 Å². The fourth-order valence-corrected chi connectivity index (χ4v) is 1.48. The lowest BCUT2D eigenvalue weighted by Gasteiger charge is -2.29. The average Bonchev–Trinajstić information content (AvgIpc) is 2.25. The highest BCUT2D eigenvalue weighted by atomic mass is 16.5. The second-order valence-electron chi connectivity index (χ2n) is 4.56. The van der Waals surface area contributed by atoms with Crippen molar-refractivity contribution < 1.29 is 23.9 Å². The highest BCUT2D eigenvalue weighted by molar-refractivity contribution is 6.13. The molecule has 0 amide bonds. The van der Waals surface area contributed by atoms with Gasteiger partial charge in [0.1, 0.15) is 10.8 Å². The molecule has 0 bridgehead atoms. The molecule has 0 atom stereocenters. The van der Waals surface area contributed by atoms with Crippen molar-refractivity contribution in [1.29, 1.82) is 0 Å². The standard InChI is InChI=1S/C11H18O5/c1-10(2,8(13)15-5)7(12)11(3,4)9(14)16-6/h1-6H3. The predicted octanol–water partition coefficient (Wildman–Crippen LogP) is 0.954. The van der Waals surface area contributed by atoms with E-state index in [1.807, 2.05) is 0 Å². The second-order valence-corrected chi connectivity index (χ2v) is 4.56. The number of hydrogen-bond donors (Lipinski definition) is 0. The summed E-state index contributed by atoms with van der Waals surface area (Å²) in [6.07, 6.45) is 0.